The summed E-state index contributed by atoms with van der Waals surface area (Å²) in [6.07, 6.45) is 0. The predicted molar refractivity (Wildman–Crippen MR) is 34.1 cm³/mol. The molecular formula is MoO6S4. The van der Waals surface area contributed by atoms with Crippen LogP contribution in [0.4, 0.5) is 0 Å². The zero-order chi connectivity index (χ0) is 9.00. The molecule has 0 aromatic rings. The van der Waals surface area contributed by atoms with E-state index in [9.17, 15) is 0 Å². The second kappa shape index (κ2) is 6.75. The minimum Gasteiger partial charge on any atom is -0.780 e. The third-order valence-electron chi connectivity index (χ3n) is 0. The van der Waals surface area contributed by atoms with Crippen molar-refractivity contribution in [2.24, 2.45) is 0 Å². The molecule has 0 rings (SSSR count). The van der Waals surface area contributed by atoms with Crippen molar-refractivity contribution in [3.05, 3.63) is 0 Å². The summed E-state index contributed by atoms with van der Waals surface area (Å²) in [5.74, 6) is 0. The normalized spacial score (nSPS) is 10.5. The van der Waals surface area contributed by atoms with Gasteiger partial charge in [-0.1, -0.05) is 0 Å². The first-order valence-electron chi connectivity index (χ1n) is 1.33. The summed E-state index contributed by atoms with van der Waals surface area (Å²) in [7, 11) is -8.67. The van der Waals surface area contributed by atoms with Crippen LogP contribution in [0.15, 0.2) is 0 Å². The van der Waals surface area contributed by atoms with Gasteiger partial charge >= 0.3 is 21.1 Å². The van der Waals surface area contributed by atoms with Crippen molar-refractivity contribution >= 4 is 40.5 Å². The van der Waals surface area contributed by atoms with Crippen molar-refractivity contribution in [2.45, 2.75) is 0 Å². The quantitative estimate of drug-likeness (QED) is 0.468. The van der Waals surface area contributed by atoms with E-state index < -0.39 is 18.1 Å². The Morgan fingerprint density at radius 2 is 0.818 bits per heavy atom. The van der Waals surface area contributed by atoms with Gasteiger partial charge < -0.3 is 18.2 Å². The first-order valence-corrected chi connectivity index (χ1v) is 6.00. The van der Waals surface area contributed by atoms with Gasteiger partial charge in [0.25, 0.3) is 0 Å². The summed E-state index contributed by atoms with van der Waals surface area (Å²) in [4.78, 5) is 0. The van der Waals surface area contributed by atoms with Crippen LogP contribution in [-0.2, 0) is 61.5 Å². The number of hydrogen-bond donors (Lipinski definition) is 0. The molecule has 0 aliphatic rings. The van der Waals surface area contributed by atoms with Crippen LogP contribution in [0.2, 0.25) is 0 Å². The van der Waals surface area contributed by atoms with Gasteiger partial charge in [-0.3, -0.25) is 8.42 Å². The standard InChI is InChI=1S/Mo.2H2O3S2/c;2*1-5(2,3)4/h;2*(H2,1,2,3,4)/q+4;;/p-4. The minimum absolute atomic E-state index is 0. The van der Waals surface area contributed by atoms with Gasteiger partial charge in [0, 0.05) is 0 Å². The summed E-state index contributed by atoms with van der Waals surface area (Å²) in [6.45, 7) is 0. The Hall–Kier alpha value is 1.27. The number of rotatable bonds is 0. The second-order valence-corrected chi connectivity index (χ2v) is 4.90. The zero-order valence-corrected chi connectivity index (χ0v) is 9.76. The SMILES string of the molecule is O=S([O-])([O-])=S.O=S([O-])([O-])=S.[Mo+4]. The Morgan fingerprint density at radius 1 is 0.818 bits per heavy atom. The first-order chi connectivity index (χ1) is 4.00. The van der Waals surface area contributed by atoms with Gasteiger partial charge in [0.1, 0.15) is 0 Å². The average Bonchev–Trinajstić information content (AvgIpc) is 1.12. The number of hydrogen-bond acceptors (Lipinski definition) is 8. The van der Waals surface area contributed by atoms with Crippen LogP contribution in [-0.4, -0.2) is 26.6 Å². The summed E-state index contributed by atoms with van der Waals surface area (Å²) >= 11 is 6.49. The molecule has 0 aliphatic carbocycles. The Bertz CT molecular complexity index is 211. The van der Waals surface area contributed by atoms with Crippen molar-refractivity contribution in [3.63, 3.8) is 0 Å². The van der Waals surface area contributed by atoms with Crippen LogP contribution in [0.3, 0.4) is 0 Å². The van der Waals surface area contributed by atoms with Crippen LogP contribution in [0.1, 0.15) is 0 Å². The molecule has 0 spiro atoms. The Kier molecular flexibility index (Phi) is 11.1. The maximum absolute atomic E-state index is 8.89. The second-order valence-electron chi connectivity index (χ2n) is 0.816. The Morgan fingerprint density at radius 3 is 0.818 bits per heavy atom. The van der Waals surface area contributed by atoms with Crippen molar-refractivity contribution < 1.29 is 47.7 Å². The summed E-state index contributed by atoms with van der Waals surface area (Å²) in [6, 6.07) is 0. The van der Waals surface area contributed by atoms with E-state index in [-0.39, 0.29) is 21.1 Å². The molecule has 0 aromatic heterocycles. The topological polar surface area (TPSA) is 126 Å². The van der Waals surface area contributed by atoms with Crippen LogP contribution < -0.4 is 0 Å². The third kappa shape index (κ3) is 602. The summed E-state index contributed by atoms with van der Waals surface area (Å²) in [5, 5.41) is 0. The van der Waals surface area contributed by atoms with E-state index in [1.807, 2.05) is 0 Å². The van der Waals surface area contributed by atoms with Gasteiger partial charge in [0.05, 0.1) is 0 Å². The molecule has 0 heterocycles. The average molecular weight is 320 g/mol. The maximum Gasteiger partial charge on any atom is 4.00 e. The van der Waals surface area contributed by atoms with Crippen molar-refractivity contribution in [1.29, 1.82) is 0 Å². The molecule has 0 saturated carbocycles. The van der Waals surface area contributed by atoms with Gasteiger partial charge in [-0.15, -0.1) is 18.1 Å². The van der Waals surface area contributed by atoms with Gasteiger partial charge in [0.15, 0.2) is 0 Å². The van der Waals surface area contributed by atoms with Gasteiger partial charge in [-0.05, 0) is 22.4 Å². The van der Waals surface area contributed by atoms with Gasteiger partial charge in [0.2, 0.25) is 0 Å². The fourth-order valence-electron chi connectivity index (χ4n) is 0. The monoisotopic (exact) mass is 322 g/mol. The van der Waals surface area contributed by atoms with Crippen molar-refractivity contribution in [1.82, 2.24) is 0 Å². The van der Waals surface area contributed by atoms with Crippen LogP contribution in [0.25, 0.3) is 0 Å². The van der Waals surface area contributed by atoms with Gasteiger partial charge in [-0.2, -0.15) is 0 Å². The first kappa shape index (κ1) is 18.1. The van der Waals surface area contributed by atoms with E-state index >= 15 is 0 Å². The molecule has 0 amide bonds. The zero-order valence-electron chi connectivity index (χ0n) is 4.49. The van der Waals surface area contributed by atoms with E-state index in [1.54, 1.807) is 0 Å². The molecule has 0 radical (unpaired) electrons. The fraction of sp³-hybridized carbons (Fsp3) is 0. The van der Waals surface area contributed by atoms with E-state index in [0.29, 0.717) is 0 Å². The molecular weight excluding hydrogens is 320 g/mol. The molecule has 66 valence electrons. The van der Waals surface area contributed by atoms with E-state index in [0.717, 1.165) is 0 Å². The van der Waals surface area contributed by atoms with Crippen LogP contribution in [0, 0.1) is 0 Å². The molecule has 0 aliphatic heterocycles. The summed E-state index contributed by atoms with van der Waals surface area (Å²) in [5.41, 5.74) is 0. The molecule has 0 atom stereocenters. The maximum atomic E-state index is 8.89. The predicted octanol–water partition coefficient (Wildman–Crippen LogP) is -2.02. The molecule has 0 saturated heterocycles. The summed E-state index contributed by atoms with van der Waals surface area (Å²) < 4.78 is 53.3. The van der Waals surface area contributed by atoms with E-state index in [2.05, 4.69) is 22.4 Å². The molecule has 0 unspecified atom stereocenters. The van der Waals surface area contributed by atoms with Crippen LogP contribution in [0.5, 0.6) is 0 Å². The molecule has 0 fully saturated rings. The Balaban J connectivity index is -0.000000107. The molecule has 0 aromatic carbocycles. The third-order valence-corrected chi connectivity index (χ3v) is 0. The fourth-order valence-corrected chi connectivity index (χ4v) is 0. The van der Waals surface area contributed by atoms with E-state index in [1.165, 1.54) is 0 Å². The molecule has 6 nitrogen and oxygen atoms in total. The van der Waals surface area contributed by atoms with Crippen LogP contribution >= 0.6 is 0 Å². The van der Waals surface area contributed by atoms with Crippen molar-refractivity contribution in [3.8, 4) is 0 Å². The molecule has 0 N–H and O–H groups in total. The van der Waals surface area contributed by atoms with Crippen molar-refractivity contribution in [2.75, 3.05) is 0 Å². The molecule has 0 bridgehead atoms. The molecule has 11 heavy (non-hydrogen) atoms. The van der Waals surface area contributed by atoms with Gasteiger partial charge in [-0.25, -0.2) is 0 Å². The molecule has 11 heteroatoms. The Labute approximate surface area is 87.7 Å². The largest absolute Gasteiger partial charge is 4.00 e. The van der Waals surface area contributed by atoms with E-state index in [4.69, 9.17) is 26.6 Å². The smallest absolute Gasteiger partial charge is 0.780 e. The minimum atomic E-state index is -4.33.